The highest BCUT2D eigenvalue weighted by Gasteiger charge is 2.00. The summed E-state index contributed by atoms with van der Waals surface area (Å²) in [5, 5.41) is 2.66. The molecule has 3 N–H and O–H groups in total. The molecule has 114 valence electrons. The summed E-state index contributed by atoms with van der Waals surface area (Å²) < 4.78 is 5.10. The van der Waals surface area contributed by atoms with Crippen molar-refractivity contribution in [2.24, 2.45) is 0 Å². The molecule has 0 saturated carbocycles. The Bertz CT molecular complexity index is 654. The van der Waals surface area contributed by atoms with E-state index in [4.69, 9.17) is 10.5 Å². The molecule has 0 aliphatic rings. The number of pyridine rings is 1. The maximum Gasteiger partial charge on any atom is 0.407 e. The number of aryl methyl sites for hydroxylation is 1. The van der Waals surface area contributed by atoms with Crippen molar-refractivity contribution in [2.75, 3.05) is 12.3 Å². The van der Waals surface area contributed by atoms with E-state index < -0.39 is 6.09 Å². The molecule has 0 bridgehead atoms. The minimum atomic E-state index is -0.444. The molecule has 1 aromatic heterocycles. The van der Waals surface area contributed by atoms with E-state index in [1.165, 1.54) is 0 Å². The van der Waals surface area contributed by atoms with E-state index in [1.807, 2.05) is 55.5 Å². The van der Waals surface area contributed by atoms with Crippen LogP contribution in [0.25, 0.3) is 6.08 Å². The van der Waals surface area contributed by atoms with Gasteiger partial charge in [0.1, 0.15) is 12.4 Å². The minimum absolute atomic E-state index is 0.261. The summed E-state index contributed by atoms with van der Waals surface area (Å²) in [4.78, 5) is 15.6. The molecule has 0 unspecified atom stereocenters. The van der Waals surface area contributed by atoms with Gasteiger partial charge in [0.2, 0.25) is 0 Å². The van der Waals surface area contributed by atoms with Gasteiger partial charge >= 0.3 is 6.09 Å². The van der Waals surface area contributed by atoms with E-state index in [0.717, 1.165) is 16.7 Å². The number of nitrogens with one attached hydrogen (secondary N) is 1. The van der Waals surface area contributed by atoms with Gasteiger partial charge in [0.05, 0.1) is 0 Å². The van der Waals surface area contributed by atoms with Crippen molar-refractivity contribution >= 4 is 18.0 Å². The first-order valence-corrected chi connectivity index (χ1v) is 6.98. The standard InChI is InChI=1S/C17H19N3O2/c1-13-10-15(11-20-16(13)18)8-5-9-19-17(21)22-12-14-6-3-2-4-7-14/h2-8,10-11H,9,12H2,1H3,(H2,18,20)(H,19,21). The second kappa shape index (κ2) is 7.83. The Kier molecular flexibility index (Phi) is 5.54. The molecule has 0 radical (unpaired) electrons. The van der Waals surface area contributed by atoms with Gasteiger partial charge in [-0.25, -0.2) is 9.78 Å². The number of nitrogen functional groups attached to an aromatic ring is 1. The molecule has 5 heteroatoms. The maximum absolute atomic E-state index is 11.5. The lowest BCUT2D eigenvalue weighted by Crippen LogP contribution is -2.24. The third-order valence-electron chi connectivity index (χ3n) is 3.03. The number of aromatic nitrogens is 1. The molecule has 0 atom stereocenters. The number of anilines is 1. The van der Waals surface area contributed by atoms with E-state index in [0.29, 0.717) is 12.4 Å². The van der Waals surface area contributed by atoms with Crippen molar-refractivity contribution in [2.45, 2.75) is 13.5 Å². The van der Waals surface area contributed by atoms with Crippen LogP contribution in [0.15, 0.2) is 48.7 Å². The van der Waals surface area contributed by atoms with Crippen LogP contribution in [0.5, 0.6) is 0 Å². The number of benzene rings is 1. The molecule has 1 amide bonds. The number of carbonyl (C=O) groups is 1. The van der Waals surface area contributed by atoms with E-state index in [1.54, 1.807) is 6.20 Å². The van der Waals surface area contributed by atoms with E-state index in [-0.39, 0.29) is 6.61 Å². The number of alkyl carbamates (subject to hydrolysis) is 1. The van der Waals surface area contributed by atoms with Crippen LogP contribution in [0.4, 0.5) is 10.6 Å². The predicted octanol–water partition coefficient (Wildman–Crippen LogP) is 2.91. The first-order valence-electron chi connectivity index (χ1n) is 6.98. The summed E-state index contributed by atoms with van der Waals surface area (Å²) in [7, 11) is 0. The van der Waals surface area contributed by atoms with Crippen LogP contribution >= 0.6 is 0 Å². The number of nitrogens with two attached hydrogens (primary N) is 1. The number of carbonyl (C=O) groups excluding carboxylic acids is 1. The topological polar surface area (TPSA) is 77.2 Å². The number of rotatable bonds is 5. The van der Waals surface area contributed by atoms with Crippen LogP contribution in [0, 0.1) is 6.92 Å². The molecule has 0 aliphatic carbocycles. The van der Waals surface area contributed by atoms with E-state index >= 15 is 0 Å². The maximum atomic E-state index is 11.5. The van der Waals surface area contributed by atoms with Crippen LogP contribution < -0.4 is 11.1 Å². The number of amides is 1. The smallest absolute Gasteiger partial charge is 0.407 e. The van der Waals surface area contributed by atoms with Crippen LogP contribution in [-0.4, -0.2) is 17.6 Å². The molecule has 1 heterocycles. The Hall–Kier alpha value is -2.82. The number of hydrogen-bond acceptors (Lipinski definition) is 4. The number of ether oxygens (including phenoxy) is 1. The third kappa shape index (κ3) is 4.94. The fourth-order valence-corrected chi connectivity index (χ4v) is 1.81. The molecule has 5 nitrogen and oxygen atoms in total. The Morgan fingerprint density at radius 2 is 2.14 bits per heavy atom. The van der Waals surface area contributed by atoms with Crippen molar-refractivity contribution in [1.82, 2.24) is 10.3 Å². The van der Waals surface area contributed by atoms with Gasteiger partial charge in [-0.3, -0.25) is 0 Å². The molecular weight excluding hydrogens is 278 g/mol. The normalized spacial score (nSPS) is 10.6. The Balaban J connectivity index is 1.72. The zero-order valence-corrected chi connectivity index (χ0v) is 12.5. The zero-order chi connectivity index (χ0) is 15.8. The van der Waals surface area contributed by atoms with Crippen LogP contribution in [0.3, 0.4) is 0 Å². The molecule has 0 saturated heterocycles. The summed E-state index contributed by atoms with van der Waals surface area (Å²) in [5.41, 5.74) is 8.48. The molecular formula is C17H19N3O2. The average molecular weight is 297 g/mol. The summed E-state index contributed by atoms with van der Waals surface area (Å²) in [6.45, 7) is 2.55. The molecule has 0 fully saturated rings. The van der Waals surface area contributed by atoms with Gasteiger partial charge in [0.15, 0.2) is 0 Å². The predicted molar refractivity (Wildman–Crippen MR) is 87.1 cm³/mol. The van der Waals surface area contributed by atoms with Crippen molar-refractivity contribution < 1.29 is 9.53 Å². The number of hydrogen-bond donors (Lipinski definition) is 2. The zero-order valence-electron chi connectivity index (χ0n) is 12.5. The quantitative estimate of drug-likeness (QED) is 0.889. The Morgan fingerprint density at radius 3 is 2.86 bits per heavy atom. The van der Waals surface area contributed by atoms with Crippen molar-refractivity contribution in [3.63, 3.8) is 0 Å². The van der Waals surface area contributed by atoms with Crippen molar-refractivity contribution in [3.05, 3.63) is 65.4 Å². The lowest BCUT2D eigenvalue weighted by molar-refractivity contribution is 0.141. The third-order valence-corrected chi connectivity index (χ3v) is 3.03. The molecule has 1 aromatic carbocycles. The largest absolute Gasteiger partial charge is 0.445 e. The first-order chi connectivity index (χ1) is 10.6. The second-order valence-corrected chi connectivity index (χ2v) is 4.82. The SMILES string of the molecule is Cc1cc(C=CCNC(=O)OCc2ccccc2)cnc1N. The van der Waals surface area contributed by atoms with E-state index in [2.05, 4.69) is 10.3 Å². The summed E-state index contributed by atoms with van der Waals surface area (Å²) >= 11 is 0. The van der Waals surface area contributed by atoms with Crippen molar-refractivity contribution in [3.8, 4) is 0 Å². The van der Waals surface area contributed by atoms with Crippen LogP contribution in [0.1, 0.15) is 16.7 Å². The lowest BCUT2D eigenvalue weighted by atomic mass is 10.2. The van der Waals surface area contributed by atoms with Gasteiger partial charge < -0.3 is 15.8 Å². The Labute approximate surface area is 129 Å². The van der Waals surface area contributed by atoms with E-state index in [9.17, 15) is 4.79 Å². The van der Waals surface area contributed by atoms with Crippen molar-refractivity contribution in [1.29, 1.82) is 0 Å². The summed E-state index contributed by atoms with van der Waals surface area (Å²) in [6, 6.07) is 11.5. The van der Waals surface area contributed by atoms with Gasteiger partial charge in [-0.15, -0.1) is 0 Å². The molecule has 0 aliphatic heterocycles. The Morgan fingerprint density at radius 1 is 1.36 bits per heavy atom. The first kappa shape index (κ1) is 15.6. The molecule has 22 heavy (non-hydrogen) atoms. The average Bonchev–Trinajstić information content (AvgIpc) is 2.54. The summed E-state index contributed by atoms with van der Waals surface area (Å²) in [6.07, 6.45) is 4.94. The van der Waals surface area contributed by atoms with Gasteiger partial charge in [-0.2, -0.15) is 0 Å². The number of nitrogens with zero attached hydrogens (tertiary/aromatic N) is 1. The highest BCUT2D eigenvalue weighted by atomic mass is 16.5. The fourth-order valence-electron chi connectivity index (χ4n) is 1.81. The lowest BCUT2D eigenvalue weighted by Gasteiger charge is -2.05. The second-order valence-electron chi connectivity index (χ2n) is 4.82. The summed E-state index contributed by atoms with van der Waals surface area (Å²) in [5.74, 6) is 0.528. The van der Waals surface area contributed by atoms with Gasteiger partial charge in [0.25, 0.3) is 0 Å². The highest BCUT2D eigenvalue weighted by molar-refractivity contribution is 5.67. The minimum Gasteiger partial charge on any atom is -0.445 e. The van der Waals surface area contributed by atoms with Crippen LogP contribution in [-0.2, 0) is 11.3 Å². The van der Waals surface area contributed by atoms with Gasteiger partial charge in [0, 0.05) is 12.7 Å². The molecule has 2 rings (SSSR count). The fraction of sp³-hybridized carbons (Fsp3) is 0.176. The highest BCUT2D eigenvalue weighted by Crippen LogP contribution is 2.09. The molecule has 2 aromatic rings. The van der Waals surface area contributed by atoms with Gasteiger partial charge in [-0.05, 0) is 29.7 Å². The monoisotopic (exact) mass is 297 g/mol. The molecule has 0 spiro atoms. The van der Waals surface area contributed by atoms with Crippen LogP contribution in [0.2, 0.25) is 0 Å². The van der Waals surface area contributed by atoms with Gasteiger partial charge in [-0.1, -0.05) is 42.5 Å².